The molecule has 2 aliphatic rings. The molecule has 1 saturated heterocycles. The first-order chi connectivity index (χ1) is 13.5. The highest BCUT2D eigenvalue weighted by Gasteiger charge is 2.51. The van der Waals surface area contributed by atoms with Crippen LogP contribution < -0.4 is 9.64 Å². The maximum Gasteiger partial charge on any atom is 0.342 e. The van der Waals surface area contributed by atoms with Crippen molar-refractivity contribution in [3.8, 4) is 5.75 Å². The molecule has 28 heavy (non-hydrogen) atoms. The molecule has 0 saturated carbocycles. The van der Waals surface area contributed by atoms with Gasteiger partial charge in [0.05, 0.1) is 25.5 Å². The lowest BCUT2D eigenvalue weighted by Crippen LogP contribution is -2.57. The lowest BCUT2D eigenvalue weighted by atomic mass is 9.78. The van der Waals surface area contributed by atoms with Crippen LogP contribution in [0, 0.1) is 5.92 Å². The Bertz CT molecular complexity index is 938. The third-order valence-electron chi connectivity index (χ3n) is 5.28. The van der Waals surface area contributed by atoms with Crippen LogP contribution in [0.15, 0.2) is 48.5 Å². The summed E-state index contributed by atoms with van der Waals surface area (Å²) in [5.41, 5.74) is 1.54. The molecule has 1 fully saturated rings. The molecule has 0 bridgehead atoms. The van der Waals surface area contributed by atoms with Gasteiger partial charge in [0.2, 0.25) is 5.91 Å². The molecule has 0 aliphatic carbocycles. The lowest BCUT2D eigenvalue weighted by molar-refractivity contribution is -0.153. The van der Waals surface area contributed by atoms with Crippen molar-refractivity contribution in [3.05, 3.63) is 59.7 Å². The van der Waals surface area contributed by atoms with E-state index in [2.05, 4.69) is 0 Å². The number of amides is 1. The number of methoxy groups -OCH3 is 2. The number of fused-ring (bicyclic) bond motifs is 3. The van der Waals surface area contributed by atoms with Gasteiger partial charge in [0, 0.05) is 12.3 Å². The molecule has 0 spiro atoms. The van der Waals surface area contributed by atoms with E-state index >= 15 is 0 Å². The quantitative estimate of drug-likeness (QED) is 0.600. The monoisotopic (exact) mass is 381 g/mol. The molecule has 2 aromatic carbocycles. The molecule has 1 amide bonds. The zero-order valence-corrected chi connectivity index (χ0v) is 15.5. The molecule has 144 valence electrons. The van der Waals surface area contributed by atoms with E-state index in [1.165, 1.54) is 12.0 Å². The summed E-state index contributed by atoms with van der Waals surface area (Å²) >= 11 is 0. The van der Waals surface area contributed by atoms with Gasteiger partial charge in [-0.25, -0.2) is 4.79 Å². The van der Waals surface area contributed by atoms with Crippen LogP contribution in [0.1, 0.15) is 28.3 Å². The van der Waals surface area contributed by atoms with E-state index in [0.717, 1.165) is 5.56 Å². The number of benzene rings is 2. The summed E-state index contributed by atoms with van der Waals surface area (Å²) in [6.07, 6.45) is -0.485. The Morgan fingerprint density at radius 1 is 1.07 bits per heavy atom. The molecular formula is C21H19NO6. The van der Waals surface area contributed by atoms with Crippen molar-refractivity contribution in [2.24, 2.45) is 5.92 Å². The molecule has 2 heterocycles. The molecule has 7 heteroatoms. The van der Waals surface area contributed by atoms with E-state index in [1.807, 2.05) is 0 Å². The molecule has 7 nitrogen and oxygen atoms in total. The first-order valence-electron chi connectivity index (χ1n) is 8.90. The summed E-state index contributed by atoms with van der Waals surface area (Å²) < 4.78 is 15.6. The Balaban J connectivity index is 1.77. The fourth-order valence-electron chi connectivity index (χ4n) is 3.91. The van der Waals surface area contributed by atoms with E-state index in [0.29, 0.717) is 17.0 Å². The van der Waals surface area contributed by atoms with Crippen LogP contribution in [0.2, 0.25) is 0 Å². The number of piperidine rings is 1. The number of carbonyl (C=O) groups excluding carboxylic acids is 3. The number of hydrogen-bond donors (Lipinski definition) is 0. The summed E-state index contributed by atoms with van der Waals surface area (Å²) in [6, 6.07) is 13.9. The zero-order chi connectivity index (χ0) is 19.8. The maximum absolute atomic E-state index is 13.3. The number of para-hydroxylation sites is 1. The van der Waals surface area contributed by atoms with Gasteiger partial charge in [-0.1, -0.05) is 24.3 Å². The van der Waals surface area contributed by atoms with E-state index in [-0.39, 0.29) is 6.42 Å². The van der Waals surface area contributed by atoms with E-state index in [1.54, 1.807) is 55.6 Å². The third-order valence-corrected chi connectivity index (χ3v) is 5.28. The SMILES string of the molecule is COC(=O)[C@H]1C(=O)N2c3ccccc3C(=O)OC2C[C@@H]1c1ccc(OC)cc1. The Kier molecular flexibility index (Phi) is 4.50. The van der Waals surface area contributed by atoms with Gasteiger partial charge in [-0.3, -0.25) is 14.5 Å². The number of anilines is 1. The van der Waals surface area contributed by atoms with Crippen LogP contribution in [0.4, 0.5) is 5.69 Å². The fourth-order valence-corrected chi connectivity index (χ4v) is 3.91. The Morgan fingerprint density at radius 2 is 1.79 bits per heavy atom. The molecular weight excluding hydrogens is 362 g/mol. The third kappa shape index (κ3) is 2.79. The van der Waals surface area contributed by atoms with E-state index < -0.39 is 35.9 Å². The summed E-state index contributed by atoms with van der Waals surface area (Å²) in [4.78, 5) is 39.7. The van der Waals surface area contributed by atoms with Crippen molar-refractivity contribution in [2.75, 3.05) is 19.1 Å². The predicted molar refractivity (Wildman–Crippen MR) is 99.0 cm³/mol. The summed E-state index contributed by atoms with van der Waals surface area (Å²) in [7, 11) is 2.82. The number of ether oxygens (including phenoxy) is 3. The predicted octanol–water partition coefficient (Wildman–Crippen LogP) is 2.50. The lowest BCUT2D eigenvalue weighted by Gasteiger charge is -2.44. The highest BCUT2D eigenvalue weighted by molar-refractivity contribution is 6.12. The second-order valence-electron chi connectivity index (χ2n) is 6.70. The van der Waals surface area contributed by atoms with Crippen molar-refractivity contribution in [3.63, 3.8) is 0 Å². The van der Waals surface area contributed by atoms with Gasteiger partial charge in [0.15, 0.2) is 6.23 Å². The highest BCUT2D eigenvalue weighted by Crippen LogP contribution is 2.43. The molecule has 0 N–H and O–H groups in total. The number of esters is 2. The van der Waals surface area contributed by atoms with Gasteiger partial charge in [0.25, 0.3) is 0 Å². The minimum absolute atomic E-state index is 0.290. The van der Waals surface area contributed by atoms with Gasteiger partial charge in [-0.05, 0) is 29.8 Å². The van der Waals surface area contributed by atoms with Crippen LogP contribution in [0.25, 0.3) is 0 Å². The van der Waals surface area contributed by atoms with Crippen LogP contribution in [0.5, 0.6) is 5.75 Å². The maximum atomic E-state index is 13.3. The minimum Gasteiger partial charge on any atom is -0.497 e. The standard InChI is InChI=1S/C21H19NO6/c1-26-13-9-7-12(8-10-13)15-11-17-22(19(23)18(15)21(25)27-2)16-6-4-3-5-14(16)20(24)28-17/h3-10,15,17-18H,11H2,1-2H3/t15-,17?,18-/m1/s1. The average Bonchev–Trinajstić information content (AvgIpc) is 2.73. The second kappa shape index (κ2) is 6.99. The Morgan fingerprint density at radius 3 is 2.46 bits per heavy atom. The smallest absolute Gasteiger partial charge is 0.342 e. The van der Waals surface area contributed by atoms with E-state index in [4.69, 9.17) is 14.2 Å². The Hall–Kier alpha value is -3.35. The minimum atomic E-state index is -1.03. The summed E-state index contributed by atoms with van der Waals surface area (Å²) in [5, 5.41) is 0. The zero-order valence-electron chi connectivity index (χ0n) is 15.5. The van der Waals surface area contributed by atoms with Crippen molar-refractivity contribution >= 4 is 23.5 Å². The molecule has 0 aromatic heterocycles. The number of carbonyl (C=O) groups is 3. The average molecular weight is 381 g/mol. The summed E-state index contributed by atoms with van der Waals surface area (Å²) in [6.45, 7) is 0. The van der Waals surface area contributed by atoms with Gasteiger partial charge in [-0.2, -0.15) is 0 Å². The highest BCUT2D eigenvalue weighted by atomic mass is 16.6. The molecule has 2 aromatic rings. The van der Waals surface area contributed by atoms with Gasteiger partial charge in [0.1, 0.15) is 11.7 Å². The largest absolute Gasteiger partial charge is 0.497 e. The molecule has 4 rings (SSSR count). The van der Waals surface area contributed by atoms with Gasteiger partial charge in [-0.15, -0.1) is 0 Å². The summed E-state index contributed by atoms with van der Waals surface area (Å²) in [5.74, 6) is -2.37. The Labute approximate surface area is 161 Å². The molecule has 1 unspecified atom stereocenters. The van der Waals surface area contributed by atoms with Crippen molar-refractivity contribution in [1.82, 2.24) is 0 Å². The first kappa shape index (κ1) is 18.0. The molecule has 2 aliphatic heterocycles. The number of nitrogens with zero attached hydrogens (tertiary/aromatic N) is 1. The topological polar surface area (TPSA) is 82.1 Å². The van der Waals surface area contributed by atoms with Crippen LogP contribution >= 0.6 is 0 Å². The van der Waals surface area contributed by atoms with Crippen LogP contribution in [0.3, 0.4) is 0 Å². The normalized spacial score (nSPS) is 23.4. The van der Waals surface area contributed by atoms with Crippen LogP contribution in [-0.2, 0) is 19.1 Å². The van der Waals surface area contributed by atoms with Gasteiger partial charge >= 0.3 is 11.9 Å². The molecule has 3 atom stereocenters. The number of hydrogen-bond acceptors (Lipinski definition) is 6. The van der Waals surface area contributed by atoms with Crippen molar-refractivity contribution < 1.29 is 28.6 Å². The van der Waals surface area contributed by atoms with Gasteiger partial charge < -0.3 is 14.2 Å². The van der Waals surface area contributed by atoms with Crippen molar-refractivity contribution in [2.45, 2.75) is 18.6 Å². The van der Waals surface area contributed by atoms with Crippen LogP contribution in [-0.4, -0.2) is 38.3 Å². The first-order valence-corrected chi connectivity index (χ1v) is 8.90. The second-order valence-corrected chi connectivity index (χ2v) is 6.70. The van der Waals surface area contributed by atoms with E-state index in [9.17, 15) is 14.4 Å². The number of rotatable bonds is 3. The fraction of sp³-hybridized carbons (Fsp3) is 0.286. The van der Waals surface area contributed by atoms with Crippen molar-refractivity contribution in [1.29, 1.82) is 0 Å². The molecule has 0 radical (unpaired) electrons.